The predicted molar refractivity (Wildman–Crippen MR) is 79.1 cm³/mol. The van der Waals surface area contributed by atoms with Crippen LogP contribution in [0.4, 0.5) is 0 Å². The van der Waals surface area contributed by atoms with E-state index in [2.05, 4.69) is 5.09 Å². The average molecular weight is 299 g/mol. The fourth-order valence-corrected chi connectivity index (χ4v) is 3.03. The molecular formula is C14H22NO4P. The van der Waals surface area contributed by atoms with Gasteiger partial charge in [-0.1, -0.05) is 32.0 Å². The molecule has 0 amide bonds. The molecule has 0 radical (unpaired) electrons. The van der Waals surface area contributed by atoms with E-state index in [1.165, 1.54) is 0 Å². The van der Waals surface area contributed by atoms with Crippen LogP contribution in [0.3, 0.4) is 0 Å². The summed E-state index contributed by atoms with van der Waals surface area (Å²) in [5, 5.41) is 2.76. The van der Waals surface area contributed by atoms with Crippen LogP contribution in [-0.4, -0.2) is 24.8 Å². The van der Waals surface area contributed by atoms with Crippen LogP contribution >= 0.6 is 7.52 Å². The lowest BCUT2D eigenvalue weighted by Gasteiger charge is -2.22. The van der Waals surface area contributed by atoms with Gasteiger partial charge in [-0.15, -0.1) is 0 Å². The van der Waals surface area contributed by atoms with Crippen molar-refractivity contribution in [3.8, 4) is 5.75 Å². The lowest BCUT2D eigenvalue weighted by atomic mass is 10.3. The molecule has 0 fully saturated rings. The number of nitrogens with one attached hydrogen (secondary N) is 1. The monoisotopic (exact) mass is 299 g/mol. The van der Waals surface area contributed by atoms with Crippen LogP contribution in [0.2, 0.25) is 0 Å². The molecule has 20 heavy (non-hydrogen) atoms. The molecule has 0 saturated carbocycles. The van der Waals surface area contributed by atoms with Gasteiger partial charge in [0.05, 0.1) is 6.61 Å². The zero-order valence-corrected chi connectivity index (χ0v) is 13.1. The molecule has 1 aromatic carbocycles. The maximum atomic E-state index is 12.6. The lowest BCUT2D eigenvalue weighted by molar-refractivity contribution is -0.145. The third-order valence-electron chi connectivity index (χ3n) is 2.60. The Bertz CT molecular complexity index is 464. The van der Waals surface area contributed by atoms with E-state index in [-0.39, 0.29) is 6.16 Å². The van der Waals surface area contributed by atoms with Crippen molar-refractivity contribution in [3.05, 3.63) is 30.3 Å². The summed E-state index contributed by atoms with van der Waals surface area (Å²) in [5.74, 6) is 0.0940. The number of esters is 1. The maximum absolute atomic E-state index is 12.6. The molecule has 0 aromatic heterocycles. The smallest absolute Gasteiger partial charge is 0.323 e. The largest absolute Gasteiger partial charge is 0.465 e. The van der Waals surface area contributed by atoms with Gasteiger partial charge in [0.15, 0.2) is 0 Å². The van der Waals surface area contributed by atoms with Crippen LogP contribution in [0, 0.1) is 0 Å². The first-order valence-corrected chi connectivity index (χ1v) is 8.60. The molecule has 0 aliphatic heterocycles. The Balaban J connectivity index is 2.65. The molecule has 112 valence electrons. The van der Waals surface area contributed by atoms with Crippen molar-refractivity contribution >= 4 is 13.5 Å². The van der Waals surface area contributed by atoms with Gasteiger partial charge in [-0.25, -0.2) is 5.09 Å². The van der Waals surface area contributed by atoms with Crippen LogP contribution in [0.5, 0.6) is 5.75 Å². The highest BCUT2D eigenvalue weighted by Gasteiger charge is 2.28. The highest BCUT2D eigenvalue weighted by molar-refractivity contribution is 7.57. The first kappa shape index (κ1) is 16.7. The number of carbonyl (C=O) groups excluding carboxylic acids is 1. The van der Waals surface area contributed by atoms with Crippen LogP contribution in [0.25, 0.3) is 0 Å². The number of para-hydroxylation sites is 1. The van der Waals surface area contributed by atoms with Gasteiger partial charge < -0.3 is 9.26 Å². The minimum atomic E-state index is -3.12. The first-order chi connectivity index (χ1) is 9.50. The molecule has 0 saturated heterocycles. The van der Waals surface area contributed by atoms with Gasteiger partial charge in [0.1, 0.15) is 11.8 Å². The Hall–Kier alpha value is -1.32. The zero-order chi connectivity index (χ0) is 15.0. The van der Waals surface area contributed by atoms with Crippen molar-refractivity contribution in [2.45, 2.75) is 33.2 Å². The van der Waals surface area contributed by atoms with Gasteiger partial charge >= 0.3 is 13.5 Å². The number of rotatable bonds is 8. The summed E-state index contributed by atoms with van der Waals surface area (Å²) in [7, 11) is -3.12. The van der Waals surface area contributed by atoms with Crippen molar-refractivity contribution in [2.24, 2.45) is 0 Å². The van der Waals surface area contributed by atoms with E-state index < -0.39 is 19.5 Å². The third-order valence-corrected chi connectivity index (χ3v) is 4.72. The molecule has 0 spiro atoms. The van der Waals surface area contributed by atoms with E-state index in [0.29, 0.717) is 12.4 Å². The number of hydrogen-bond donors (Lipinski definition) is 1. The van der Waals surface area contributed by atoms with Crippen molar-refractivity contribution in [3.63, 3.8) is 0 Å². The molecule has 0 heterocycles. The van der Waals surface area contributed by atoms with Gasteiger partial charge in [-0.3, -0.25) is 9.36 Å². The first-order valence-electron chi connectivity index (χ1n) is 6.79. The number of ether oxygens (including phenoxy) is 1. The molecule has 5 nitrogen and oxygen atoms in total. The molecule has 1 rings (SSSR count). The molecule has 6 heteroatoms. The summed E-state index contributed by atoms with van der Waals surface area (Å²) in [6, 6.07) is 8.23. The van der Waals surface area contributed by atoms with Gasteiger partial charge in [-0.2, -0.15) is 0 Å². The van der Waals surface area contributed by atoms with E-state index in [1.807, 2.05) is 13.0 Å². The minimum absolute atomic E-state index is 0.285. The number of carbonyl (C=O) groups is 1. The molecule has 1 aromatic rings. The second kappa shape index (κ2) is 8.08. The fourth-order valence-electron chi connectivity index (χ4n) is 1.51. The van der Waals surface area contributed by atoms with E-state index in [1.54, 1.807) is 38.1 Å². The second-order valence-electron chi connectivity index (χ2n) is 4.41. The summed E-state index contributed by atoms with van der Waals surface area (Å²) < 4.78 is 23.1. The van der Waals surface area contributed by atoms with Crippen LogP contribution < -0.4 is 9.61 Å². The average Bonchev–Trinajstić information content (AvgIpc) is 2.45. The summed E-state index contributed by atoms with van der Waals surface area (Å²) in [4.78, 5) is 11.7. The number of benzene rings is 1. The molecular weight excluding hydrogens is 277 g/mol. The Labute approximate surface area is 120 Å². The van der Waals surface area contributed by atoms with Crippen molar-refractivity contribution < 1.29 is 18.6 Å². The second-order valence-corrected chi connectivity index (χ2v) is 6.83. The molecule has 0 bridgehead atoms. The minimum Gasteiger partial charge on any atom is -0.465 e. The van der Waals surface area contributed by atoms with Crippen molar-refractivity contribution in [1.82, 2.24) is 5.09 Å². The van der Waals surface area contributed by atoms with Gasteiger partial charge in [0, 0.05) is 6.16 Å². The van der Waals surface area contributed by atoms with Gasteiger partial charge in [0.25, 0.3) is 0 Å². The summed E-state index contributed by atoms with van der Waals surface area (Å²) in [6.45, 7) is 5.65. The quantitative estimate of drug-likeness (QED) is 0.590. The van der Waals surface area contributed by atoms with E-state index in [9.17, 15) is 9.36 Å². The SMILES string of the molecule is CCCOC(=O)[C@H](C)NP(=O)(CC)Oc1ccccc1. The van der Waals surface area contributed by atoms with Crippen LogP contribution in [0.15, 0.2) is 30.3 Å². The Morgan fingerprint density at radius 2 is 1.95 bits per heavy atom. The van der Waals surface area contributed by atoms with Crippen molar-refractivity contribution in [2.75, 3.05) is 12.8 Å². The molecule has 2 atom stereocenters. The highest BCUT2D eigenvalue weighted by atomic mass is 31.2. The molecule has 0 aliphatic rings. The third kappa shape index (κ3) is 5.35. The predicted octanol–water partition coefficient (Wildman–Crippen LogP) is 3.21. The molecule has 1 N–H and O–H groups in total. The van der Waals surface area contributed by atoms with Gasteiger partial charge in [-0.05, 0) is 25.5 Å². The van der Waals surface area contributed by atoms with Gasteiger partial charge in [0.2, 0.25) is 0 Å². The van der Waals surface area contributed by atoms with Crippen LogP contribution in [-0.2, 0) is 14.1 Å². The van der Waals surface area contributed by atoms with E-state index in [0.717, 1.165) is 6.42 Å². The fraction of sp³-hybridized carbons (Fsp3) is 0.500. The molecule has 0 aliphatic carbocycles. The lowest BCUT2D eigenvalue weighted by Crippen LogP contribution is -2.35. The zero-order valence-electron chi connectivity index (χ0n) is 12.2. The normalized spacial score (nSPS) is 15.2. The summed E-state index contributed by atoms with van der Waals surface area (Å²) in [5.41, 5.74) is 0. The van der Waals surface area contributed by atoms with Crippen LogP contribution in [0.1, 0.15) is 27.2 Å². The summed E-state index contributed by atoms with van der Waals surface area (Å²) in [6.07, 6.45) is 1.04. The Morgan fingerprint density at radius 3 is 2.50 bits per heavy atom. The molecule has 1 unspecified atom stereocenters. The van der Waals surface area contributed by atoms with E-state index in [4.69, 9.17) is 9.26 Å². The highest BCUT2D eigenvalue weighted by Crippen LogP contribution is 2.42. The number of hydrogen-bond acceptors (Lipinski definition) is 4. The Kier molecular flexibility index (Phi) is 6.76. The van der Waals surface area contributed by atoms with E-state index >= 15 is 0 Å². The summed E-state index contributed by atoms with van der Waals surface area (Å²) >= 11 is 0. The topological polar surface area (TPSA) is 64.6 Å². The Morgan fingerprint density at radius 1 is 1.30 bits per heavy atom. The standard InChI is InChI=1S/C14H22NO4P/c1-4-11-18-14(16)12(3)15-20(17,5-2)19-13-9-7-6-8-10-13/h6-10,12H,4-5,11H2,1-3H3,(H,15,17)/t12-,20?/m0/s1. The van der Waals surface area contributed by atoms with Crippen molar-refractivity contribution in [1.29, 1.82) is 0 Å². The maximum Gasteiger partial charge on any atom is 0.323 e.